The number of amides is 2. The number of carboxylic acid groups (broad SMARTS) is 1. The monoisotopic (exact) mass is 371 g/mol. The van der Waals surface area contributed by atoms with Crippen LogP contribution >= 0.6 is 11.3 Å². The molecule has 4 N–H and O–H groups in total. The average molecular weight is 371 g/mol. The van der Waals surface area contributed by atoms with Crippen molar-refractivity contribution in [2.45, 2.75) is 6.92 Å². The van der Waals surface area contributed by atoms with Crippen molar-refractivity contribution in [3.8, 4) is 5.75 Å². The number of Topliss-reactive ketones (excluding diaryl/α,β-unsaturated/α-hetero) is 1. The average Bonchev–Trinajstić information content (AvgIpc) is 2.96. The van der Waals surface area contributed by atoms with Crippen LogP contribution in [0.3, 0.4) is 0 Å². The van der Waals surface area contributed by atoms with E-state index < -0.39 is 12.0 Å². The van der Waals surface area contributed by atoms with Crippen molar-refractivity contribution in [3.05, 3.63) is 47.5 Å². The van der Waals surface area contributed by atoms with Crippen molar-refractivity contribution >= 4 is 50.2 Å². The number of para-hydroxylation sites is 1. The van der Waals surface area contributed by atoms with Crippen LogP contribution in [-0.4, -0.2) is 33.0 Å². The standard InChI is InChI=1S/C17H13N3O5S/c1-8(21)10-3-2-4-12(22)14(10)19-15(23)9-5-6-11-13(7-9)26-16(18-11)20-17(24)25/h2-7,22H,1H3,(H,18,20)(H,19,23)(H,24,25). The number of phenols is 1. The first-order valence-corrected chi connectivity index (χ1v) is 8.21. The molecule has 0 saturated heterocycles. The number of hydrogen-bond donors (Lipinski definition) is 4. The number of aromatic nitrogens is 1. The summed E-state index contributed by atoms with van der Waals surface area (Å²) in [5.74, 6) is -1.02. The Kier molecular flexibility index (Phi) is 4.55. The van der Waals surface area contributed by atoms with E-state index in [1.807, 2.05) is 0 Å². The third kappa shape index (κ3) is 3.47. The van der Waals surface area contributed by atoms with E-state index in [2.05, 4.69) is 15.6 Å². The fraction of sp³-hybridized carbons (Fsp3) is 0.0588. The number of benzene rings is 2. The fourth-order valence-corrected chi connectivity index (χ4v) is 3.26. The number of fused-ring (bicyclic) bond motifs is 1. The summed E-state index contributed by atoms with van der Waals surface area (Å²) in [6.45, 7) is 1.34. The SMILES string of the molecule is CC(=O)c1cccc(O)c1NC(=O)c1ccc2nc(NC(=O)O)sc2c1. The summed E-state index contributed by atoms with van der Waals surface area (Å²) in [6.07, 6.45) is -1.22. The van der Waals surface area contributed by atoms with Gasteiger partial charge in [-0.15, -0.1) is 0 Å². The molecule has 2 amide bonds. The van der Waals surface area contributed by atoms with Crippen LogP contribution in [0.4, 0.5) is 15.6 Å². The highest BCUT2D eigenvalue weighted by molar-refractivity contribution is 7.22. The van der Waals surface area contributed by atoms with E-state index in [1.54, 1.807) is 12.1 Å². The van der Waals surface area contributed by atoms with Gasteiger partial charge in [-0.05, 0) is 37.3 Å². The fourth-order valence-electron chi connectivity index (χ4n) is 2.36. The Labute approximate surface area is 151 Å². The number of carbonyl (C=O) groups excluding carboxylic acids is 2. The van der Waals surface area contributed by atoms with Gasteiger partial charge in [-0.1, -0.05) is 17.4 Å². The van der Waals surface area contributed by atoms with Crippen LogP contribution < -0.4 is 10.6 Å². The Bertz CT molecular complexity index is 1040. The van der Waals surface area contributed by atoms with Gasteiger partial charge in [0, 0.05) is 11.1 Å². The molecule has 2 aromatic carbocycles. The van der Waals surface area contributed by atoms with Crippen LogP contribution in [0, 0.1) is 0 Å². The predicted molar refractivity (Wildman–Crippen MR) is 97.3 cm³/mol. The first-order valence-electron chi connectivity index (χ1n) is 7.40. The Morgan fingerprint density at radius 1 is 1.12 bits per heavy atom. The summed E-state index contributed by atoms with van der Waals surface area (Å²) in [7, 11) is 0. The summed E-state index contributed by atoms with van der Waals surface area (Å²) in [6, 6.07) is 9.07. The first kappa shape index (κ1) is 17.4. The van der Waals surface area contributed by atoms with Gasteiger partial charge in [-0.25, -0.2) is 9.78 Å². The van der Waals surface area contributed by atoms with Crippen molar-refractivity contribution in [1.29, 1.82) is 0 Å². The van der Waals surface area contributed by atoms with Crippen LogP contribution in [0.1, 0.15) is 27.6 Å². The molecule has 0 fully saturated rings. The zero-order chi connectivity index (χ0) is 18.8. The van der Waals surface area contributed by atoms with Crippen LogP contribution in [-0.2, 0) is 0 Å². The maximum Gasteiger partial charge on any atom is 0.410 e. The van der Waals surface area contributed by atoms with Crippen LogP contribution in [0.5, 0.6) is 5.75 Å². The molecule has 26 heavy (non-hydrogen) atoms. The number of nitrogens with one attached hydrogen (secondary N) is 2. The molecule has 9 heteroatoms. The topological polar surface area (TPSA) is 129 Å². The maximum atomic E-state index is 12.5. The van der Waals surface area contributed by atoms with Crippen LogP contribution in [0.15, 0.2) is 36.4 Å². The Morgan fingerprint density at radius 2 is 1.88 bits per heavy atom. The molecule has 0 unspecified atom stereocenters. The number of carbonyl (C=O) groups is 3. The quantitative estimate of drug-likeness (QED) is 0.410. The molecule has 1 aromatic heterocycles. The van der Waals surface area contributed by atoms with Crippen molar-refractivity contribution < 1.29 is 24.6 Å². The van der Waals surface area contributed by atoms with Gasteiger partial charge in [0.05, 0.1) is 15.9 Å². The Balaban J connectivity index is 1.91. The lowest BCUT2D eigenvalue weighted by Gasteiger charge is -2.11. The molecular formula is C17H13N3O5S. The second-order valence-electron chi connectivity index (χ2n) is 5.34. The van der Waals surface area contributed by atoms with Gasteiger partial charge >= 0.3 is 6.09 Å². The minimum atomic E-state index is -1.22. The number of nitrogens with zero attached hydrogens (tertiary/aromatic N) is 1. The summed E-state index contributed by atoms with van der Waals surface area (Å²) in [5, 5.41) is 23.6. The normalized spacial score (nSPS) is 10.5. The van der Waals surface area contributed by atoms with Gasteiger partial charge in [-0.2, -0.15) is 0 Å². The van der Waals surface area contributed by atoms with E-state index in [9.17, 15) is 19.5 Å². The van der Waals surface area contributed by atoms with Gasteiger partial charge in [0.2, 0.25) is 0 Å². The second kappa shape index (κ2) is 6.81. The van der Waals surface area contributed by atoms with Gasteiger partial charge in [0.25, 0.3) is 5.91 Å². The zero-order valence-corrected chi connectivity index (χ0v) is 14.3. The molecule has 0 radical (unpaired) electrons. The highest BCUT2D eigenvalue weighted by Gasteiger charge is 2.16. The largest absolute Gasteiger partial charge is 0.506 e. The molecule has 0 aliphatic rings. The van der Waals surface area contributed by atoms with Crippen LogP contribution in [0.2, 0.25) is 0 Å². The molecule has 0 bridgehead atoms. The third-order valence-corrected chi connectivity index (χ3v) is 4.46. The summed E-state index contributed by atoms with van der Waals surface area (Å²) >= 11 is 1.09. The van der Waals surface area contributed by atoms with E-state index in [0.29, 0.717) is 10.2 Å². The Morgan fingerprint density at radius 3 is 2.58 bits per heavy atom. The number of aromatic hydroxyl groups is 1. The van der Waals surface area contributed by atoms with Gasteiger partial charge in [-0.3, -0.25) is 14.9 Å². The highest BCUT2D eigenvalue weighted by atomic mass is 32.1. The molecule has 3 rings (SSSR count). The lowest BCUT2D eigenvalue weighted by atomic mass is 10.1. The van der Waals surface area contributed by atoms with Crippen molar-refractivity contribution in [1.82, 2.24) is 4.98 Å². The molecule has 0 saturated carbocycles. The number of phenolic OH excluding ortho intramolecular Hbond substituents is 1. The molecule has 0 aliphatic carbocycles. The number of thiazole rings is 1. The molecule has 1 heterocycles. The summed E-state index contributed by atoms with van der Waals surface area (Å²) in [5.41, 5.74) is 1.07. The van der Waals surface area contributed by atoms with E-state index in [-0.39, 0.29) is 33.5 Å². The highest BCUT2D eigenvalue weighted by Crippen LogP contribution is 2.30. The lowest BCUT2D eigenvalue weighted by molar-refractivity contribution is 0.101. The summed E-state index contributed by atoms with van der Waals surface area (Å²) < 4.78 is 0.616. The molecule has 0 atom stereocenters. The number of hydrogen-bond acceptors (Lipinski definition) is 6. The molecule has 0 aliphatic heterocycles. The predicted octanol–water partition coefficient (Wildman–Crippen LogP) is 3.55. The Hall–Kier alpha value is -3.46. The minimum Gasteiger partial charge on any atom is -0.506 e. The second-order valence-corrected chi connectivity index (χ2v) is 6.37. The van der Waals surface area contributed by atoms with Gasteiger partial charge < -0.3 is 15.5 Å². The van der Waals surface area contributed by atoms with Crippen molar-refractivity contribution in [3.63, 3.8) is 0 Å². The maximum absolute atomic E-state index is 12.5. The van der Waals surface area contributed by atoms with E-state index in [1.165, 1.54) is 31.2 Å². The van der Waals surface area contributed by atoms with E-state index in [4.69, 9.17) is 5.11 Å². The minimum absolute atomic E-state index is 0.0441. The molecular weight excluding hydrogens is 358 g/mol. The molecule has 132 valence electrons. The number of anilines is 2. The van der Waals surface area contributed by atoms with E-state index in [0.717, 1.165) is 11.3 Å². The number of rotatable bonds is 4. The van der Waals surface area contributed by atoms with Gasteiger partial charge in [0.15, 0.2) is 10.9 Å². The lowest BCUT2D eigenvalue weighted by Crippen LogP contribution is -2.14. The number of ketones is 1. The van der Waals surface area contributed by atoms with Crippen LogP contribution in [0.25, 0.3) is 10.2 Å². The molecule has 0 spiro atoms. The smallest absolute Gasteiger partial charge is 0.410 e. The third-order valence-electron chi connectivity index (χ3n) is 3.52. The van der Waals surface area contributed by atoms with Crippen molar-refractivity contribution in [2.75, 3.05) is 10.6 Å². The van der Waals surface area contributed by atoms with Crippen molar-refractivity contribution in [2.24, 2.45) is 0 Å². The summed E-state index contributed by atoms with van der Waals surface area (Å²) in [4.78, 5) is 39.0. The first-order chi connectivity index (χ1) is 12.3. The zero-order valence-electron chi connectivity index (χ0n) is 13.4. The van der Waals surface area contributed by atoms with E-state index >= 15 is 0 Å². The molecule has 3 aromatic rings. The van der Waals surface area contributed by atoms with Gasteiger partial charge in [0.1, 0.15) is 5.75 Å². The molecule has 8 nitrogen and oxygen atoms in total.